The number of nitrogens with zero attached hydrogens (tertiary/aromatic N) is 1. The van der Waals surface area contributed by atoms with Crippen molar-refractivity contribution in [3.63, 3.8) is 0 Å². The van der Waals surface area contributed by atoms with Crippen molar-refractivity contribution in [3.05, 3.63) is 59.7 Å². The Labute approximate surface area is 171 Å². The summed E-state index contributed by atoms with van der Waals surface area (Å²) in [5.41, 5.74) is 11.0. The first-order chi connectivity index (χ1) is 14.2. The van der Waals surface area contributed by atoms with Crippen molar-refractivity contribution in [1.29, 1.82) is 0 Å². The molecule has 1 atom stereocenters. The largest absolute Gasteiger partial charge is 0.448 e. The molecule has 2 fully saturated rings. The third-order valence-corrected chi connectivity index (χ3v) is 6.80. The van der Waals surface area contributed by atoms with Gasteiger partial charge in [0.25, 0.3) is 0 Å². The van der Waals surface area contributed by atoms with E-state index in [1.54, 1.807) is 0 Å². The van der Waals surface area contributed by atoms with Crippen LogP contribution in [0.3, 0.4) is 0 Å². The molecule has 2 saturated heterocycles. The molecule has 2 aliphatic heterocycles. The smallest absolute Gasteiger partial charge is 0.409 e. The lowest BCUT2D eigenvalue weighted by atomic mass is 9.83. The Bertz CT molecular complexity index is 859. The van der Waals surface area contributed by atoms with Crippen molar-refractivity contribution in [2.75, 3.05) is 26.3 Å². The second kappa shape index (κ2) is 7.47. The second-order valence-electron chi connectivity index (χ2n) is 8.58. The van der Waals surface area contributed by atoms with E-state index in [2.05, 4.69) is 48.5 Å². The first kappa shape index (κ1) is 18.6. The number of carbonyl (C=O) groups excluding carboxylic acids is 1. The van der Waals surface area contributed by atoms with Gasteiger partial charge in [-0.3, -0.25) is 0 Å². The summed E-state index contributed by atoms with van der Waals surface area (Å²) in [5, 5.41) is 0. The molecule has 0 radical (unpaired) electrons. The van der Waals surface area contributed by atoms with Crippen molar-refractivity contribution >= 4 is 6.09 Å². The molecule has 1 amide bonds. The highest BCUT2D eigenvalue weighted by Gasteiger charge is 2.41. The van der Waals surface area contributed by atoms with E-state index in [1.165, 1.54) is 22.3 Å². The maximum Gasteiger partial charge on any atom is 0.409 e. The third-order valence-electron chi connectivity index (χ3n) is 6.80. The molecule has 0 saturated carbocycles. The van der Waals surface area contributed by atoms with Crippen LogP contribution in [0.2, 0.25) is 0 Å². The van der Waals surface area contributed by atoms with Crippen molar-refractivity contribution in [3.8, 4) is 11.1 Å². The molecule has 152 valence electrons. The van der Waals surface area contributed by atoms with Crippen LogP contribution in [0, 0.1) is 0 Å². The maximum absolute atomic E-state index is 12.8. The fourth-order valence-electron chi connectivity index (χ4n) is 5.20. The highest BCUT2D eigenvalue weighted by molar-refractivity contribution is 5.79. The lowest BCUT2D eigenvalue weighted by molar-refractivity contribution is -0.113. The summed E-state index contributed by atoms with van der Waals surface area (Å²) in [5.74, 6) is 0.0992. The average Bonchev–Trinajstić information content (AvgIpc) is 3.06. The lowest BCUT2D eigenvalue weighted by Crippen LogP contribution is -2.53. The summed E-state index contributed by atoms with van der Waals surface area (Å²) in [6.45, 7) is 2.44. The van der Waals surface area contributed by atoms with Gasteiger partial charge < -0.3 is 20.1 Å². The molecule has 29 heavy (non-hydrogen) atoms. The monoisotopic (exact) mass is 392 g/mol. The molecule has 0 bridgehead atoms. The highest BCUT2D eigenvalue weighted by atomic mass is 16.6. The van der Waals surface area contributed by atoms with E-state index in [4.69, 9.17) is 15.2 Å². The molecule has 5 rings (SSSR count). The molecule has 2 heterocycles. The molecular weight excluding hydrogens is 364 g/mol. The molecule has 1 spiro atoms. The topological polar surface area (TPSA) is 64.8 Å². The van der Waals surface area contributed by atoms with E-state index in [0.29, 0.717) is 19.7 Å². The Morgan fingerprint density at radius 2 is 1.69 bits per heavy atom. The van der Waals surface area contributed by atoms with Crippen LogP contribution < -0.4 is 5.73 Å². The maximum atomic E-state index is 12.8. The standard InChI is InChI=1S/C24H28N2O3/c25-17-9-14-29-24(15-17)10-12-26(13-11-24)23(27)28-16-22-20-7-3-1-5-18(20)19-6-2-4-8-21(19)22/h1-8,17,22H,9-16,25H2. The Kier molecular flexibility index (Phi) is 4.80. The van der Waals surface area contributed by atoms with Crippen LogP contribution in [0.4, 0.5) is 4.79 Å². The van der Waals surface area contributed by atoms with Crippen LogP contribution >= 0.6 is 0 Å². The fraction of sp³-hybridized carbons (Fsp3) is 0.458. The third kappa shape index (κ3) is 3.43. The Morgan fingerprint density at radius 3 is 2.31 bits per heavy atom. The summed E-state index contributed by atoms with van der Waals surface area (Å²) in [6, 6.07) is 17.0. The summed E-state index contributed by atoms with van der Waals surface area (Å²) in [4.78, 5) is 14.6. The van der Waals surface area contributed by atoms with Gasteiger partial charge in [-0.15, -0.1) is 0 Å². The van der Waals surface area contributed by atoms with Gasteiger partial charge in [-0.05, 0) is 47.9 Å². The predicted octanol–water partition coefficient (Wildman–Crippen LogP) is 3.91. The van der Waals surface area contributed by atoms with E-state index < -0.39 is 0 Å². The van der Waals surface area contributed by atoms with Gasteiger partial charge in [0.1, 0.15) is 6.61 Å². The normalized spacial score (nSPS) is 22.9. The van der Waals surface area contributed by atoms with E-state index in [9.17, 15) is 4.79 Å². The van der Waals surface area contributed by atoms with Crippen LogP contribution in [-0.2, 0) is 9.47 Å². The second-order valence-corrected chi connectivity index (χ2v) is 8.58. The minimum atomic E-state index is -0.221. The number of amides is 1. The number of rotatable bonds is 2. The Hall–Kier alpha value is -2.37. The number of benzene rings is 2. The van der Waals surface area contributed by atoms with Crippen LogP contribution in [0.1, 0.15) is 42.7 Å². The lowest BCUT2D eigenvalue weighted by Gasteiger charge is -2.45. The van der Waals surface area contributed by atoms with Crippen LogP contribution in [0.5, 0.6) is 0 Å². The molecule has 2 aromatic rings. The number of piperidine rings is 1. The van der Waals surface area contributed by atoms with Gasteiger partial charge in [-0.2, -0.15) is 0 Å². The van der Waals surface area contributed by atoms with Gasteiger partial charge in [0.05, 0.1) is 5.60 Å². The highest BCUT2D eigenvalue weighted by Crippen LogP contribution is 2.44. The molecule has 5 nitrogen and oxygen atoms in total. The predicted molar refractivity (Wildman–Crippen MR) is 112 cm³/mol. The molecule has 3 aliphatic rings. The first-order valence-corrected chi connectivity index (χ1v) is 10.6. The summed E-state index contributed by atoms with van der Waals surface area (Å²) >= 11 is 0. The van der Waals surface area contributed by atoms with Crippen LogP contribution in [0.15, 0.2) is 48.5 Å². The summed E-state index contributed by atoms with van der Waals surface area (Å²) in [6.07, 6.45) is 3.28. The van der Waals surface area contributed by atoms with Gasteiger partial charge in [-0.25, -0.2) is 4.79 Å². The average molecular weight is 392 g/mol. The van der Waals surface area contributed by atoms with Crippen molar-refractivity contribution < 1.29 is 14.3 Å². The zero-order chi connectivity index (χ0) is 19.8. The molecular formula is C24H28N2O3. The van der Waals surface area contributed by atoms with Crippen LogP contribution in [0.25, 0.3) is 11.1 Å². The number of carbonyl (C=O) groups is 1. The zero-order valence-electron chi connectivity index (χ0n) is 16.7. The zero-order valence-corrected chi connectivity index (χ0v) is 16.7. The Balaban J connectivity index is 1.23. The van der Waals surface area contributed by atoms with Crippen LogP contribution in [-0.4, -0.2) is 48.9 Å². The number of fused-ring (bicyclic) bond motifs is 3. The van der Waals surface area contributed by atoms with Gasteiger partial charge in [0.2, 0.25) is 0 Å². The number of hydrogen-bond donors (Lipinski definition) is 1. The molecule has 1 aliphatic carbocycles. The van der Waals surface area contributed by atoms with Crippen molar-refractivity contribution in [2.45, 2.75) is 43.2 Å². The first-order valence-electron chi connectivity index (χ1n) is 10.6. The number of hydrogen-bond acceptors (Lipinski definition) is 4. The van der Waals surface area contributed by atoms with Gasteiger partial charge in [0, 0.05) is 31.7 Å². The van der Waals surface area contributed by atoms with Gasteiger partial charge >= 0.3 is 6.09 Å². The van der Waals surface area contributed by atoms with Gasteiger partial charge in [0.15, 0.2) is 0 Å². The molecule has 2 aromatic carbocycles. The molecule has 0 aromatic heterocycles. The summed E-state index contributed by atoms with van der Waals surface area (Å²) < 4.78 is 11.9. The number of likely N-dealkylation sites (tertiary alicyclic amines) is 1. The van der Waals surface area contributed by atoms with Crippen molar-refractivity contribution in [1.82, 2.24) is 4.90 Å². The van der Waals surface area contributed by atoms with Gasteiger partial charge in [-0.1, -0.05) is 48.5 Å². The summed E-state index contributed by atoms with van der Waals surface area (Å²) in [7, 11) is 0. The number of ether oxygens (including phenoxy) is 2. The molecule has 2 N–H and O–H groups in total. The van der Waals surface area contributed by atoms with E-state index in [-0.39, 0.29) is 23.7 Å². The quantitative estimate of drug-likeness (QED) is 0.842. The Morgan fingerprint density at radius 1 is 1.07 bits per heavy atom. The van der Waals surface area contributed by atoms with E-state index in [1.807, 2.05) is 4.90 Å². The fourth-order valence-corrected chi connectivity index (χ4v) is 5.20. The number of nitrogens with two attached hydrogens (primary N) is 1. The minimum Gasteiger partial charge on any atom is -0.448 e. The SMILES string of the molecule is NC1CCOC2(CCN(C(=O)OCC3c4ccccc4-c4ccccc43)CC2)C1. The van der Waals surface area contributed by atoms with E-state index in [0.717, 1.165) is 32.3 Å². The molecule has 5 heteroatoms. The van der Waals surface area contributed by atoms with E-state index >= 15 is 0 Å². The minimum absolute atomic E-state index is 0.0992. The van der Waals surface area contributed by atoms with Crippen molar-refractivity contribution in [2.24, 2.45) is 5.73 Å². The molecule has 1 unspecified atom stereocenters.